The summed E-state index contributed by atoms with van der Waals surface area (Å²) in [4.78, 5) is 0. The Kier molecular flexibility index (Phi) is 5.78. The van der Waals surface area contributed by atoms with Gasteiger partial charge in [-0.2, -0.15) is 0 Å². The first-order valence-corrected chi connectivity index (χ1v) is 6.22. The molecule has 1 unspecified atom stereocenters. The van der Waals surface area contributed by atoms with E-state index in [0.29, 0.717) is 6.04 Å². The van der Waals surface area contributed by atoms with Gasteiger partial charge in [0, 0.05) is 6.04 Å². The third kappa shape index (κ3) is 4.11. The van der Waals surface area contributed by atoms with E-state index in [1.165, 1.54) is 6.07 Å². The predicted octanol–water partition coefficient (Wildman–Crippen LogP) is 3.80. The van der Waals surface area contributed by atoms with Gasteiger partial charge in [0.15, 0.2) is 0 Å². The van der Waals surface area contributed by atoms with E-state index < -0.39 is 0 Å². The van der Waals surface area contributed by atoms with Crippen LogP contribution in [-0.4, -0.2) is 12.6 Å². The second-order valence-corrected chi connectivity index (χ2v) is 4.42. The largest absolute Gasteiger partial charge is 0.314 e. The maximum atomic E-state index is 13.0. The van der Waals surface area contributed by atoms with Gasteiger partial charge in [0.05, 0.1) is 5.02 Å². The zero-order valence-electron chi connectivity index (χ0n) is 9.89. The second-order valence-electron chi connectivity index (χ2n) is 4.01. The Bertz CT molecular complexity index is 328. The van der Waals surface area contributed by atoms with Crippen molar-refractivity contribution in [2.75, 3.05) is 6.54 Å². The molecule has 1 nitrogen and oxygen atoms in total. The van der Waals surface area contributed by atoms with Gasteiger partial charge in [-0.15, -0.1) is 0 Å². The van der Waals surface area contributed by atoms with Crippen molar-refractivity contribution in [3.8, 4) is 0 Å². The minimum atomic E-state index is -0.347. The number of hydrogen-bond acceptors (Lipinski definition) is 1. The fourth-order valence-electron chi connectivity index (χ4n) is 1.66. The molecule has 0 saturated carbocycles. The number of benzene rings is 1. The SMILES string of the molecule is CCCNC(CC)Cc1ccc(F)c(Cl)c1. The molecule has 1 aromatic rings. The number of halogens is 2. The van der Waals surface area contributed by atoms with Crippen LogP contribution in [0, 0.1) is 5.82 Å². The van der Waals surface area contributed by atoms with E-state index in [4.69, 9.17) is 11.6 Å². The Labute approximate surface area is 102 Å². The van der Waals surface area contributed by atoms with Crippen LogP contribution < -0.4 is 5.32 Å². The van der Waals surface area contributed by atoms with Gasteiger partial charge >= 0.3 is 0 Å². The first-order chi connectivity index (χ1) is 7.67. The van der Waals surface area contributed by atoms with Crippen LogP contribution in [0.15, 0.2) is 18.2 Å². The summed E-state index contributed by atoms with van der Waals surface area (Å²) in [6.07, 6.45) is 3.09. The average Bonchev–Trinajstić information content (AvgIpc) is 2.29. The molecular formula is C13H19ClFN. The fraction of sp³-hybridized carbons (Fsp3) is 0.538. The molecule has 0 saturated heterocycles. The van der Waals surface area contributed by atoms with E-state index >= 15 is 0 Å². The predicted molar refractivity (Wildman–Crippen MR) is 67.5 cm³/mol. The Hall–Kier alpha value is -0.600. The molecule has 1 rings (SSSR count). The summed E-state index contributed by atoms with van der Waals surface area (Å²) in [6.45, 7) is 5.32. The maximum Gasteiger partial charge on any atom is 0.141 e. The van der Waals surface area contributed by atoms with Crippen molar-refractivity contribution in [3.63, 3.8) is 0 Å². The molecule has 3 heteroatoms. The molecule has 0 aliphatic carbocycles. The molecule has 0 heterocycles. The van der Waals surface area contributed by atoms with Gasteiger partial charge in [-0.05, 0) is 43.5 Å². The van der Waals surface area contributed by atoms with Crippen LogP contribution in [0.4, 0.5) is 4.39 Å². The van der Waals surface area contributed by atoms with Crippen molar-refractivity contribution in [1.29, 1.82) is 0 Å². The van der Waals surface area contributed by atoms with Crippen LogP contribution in [0.1, 0.15) is 32.3 Å². The zero-order chi connectivity index (χ0) is 12.0. The third-order valence-electron chi connectivity index (χ3n) is 2.64. The lowest BCUT2D eigenvalue weighted by molar-refractivity contribution is 0.494. The van der Waals surface area contributed by atoms with Gasteiger partial charge in [-0.1, -0.05) is 31.5 Å². The third-order valence-corrected chi connectivity index (χ3v) is 2.93. The van der Waals surface area contributed by atoms with Crippen molar-refractivity contribution in [2.45, 2.75) is 39.2 Å². The molecule has 16 heavy (non-hydrogen) atoms. The number of rotatable bonds is 6. The number of hydrogen-bond donors (Lipinski definition) is 1. The van der Waals surface area contributed by atoms with Gasteiger partial charge in [0.25, 0.3) is 0 Å². The average molecular weight is 244 g/mol. The maximum absolute atomic E-state index is 13.0. The van der Waals surface area contributed by atoms with Gasteiger partial charge in [-0.3, -0.25) is 0 Å². The molecule has 1 N–H and O–H groups in total. The van der Waals surface area contributed by atoms with Crippen molar-refractivity contribution in [2.24, 2.45) is 0 Å². The quantitative estimate of drug-likeness (QED) is 0.802. The summed E-state index contributed by atoms with van der Waals surface area (Å²) < 4.78 is 13.0. The van der Waals surface area contributed by atoms with Gasteiger partial charge < -0.3 is 5.32 Å². The molecule has 90 valence electrons. The summed E-state index contributed by atoms with van der Waals surface area (Å²) in [5.74, 6) is -0.347. The van der Waals surface area contributed by atoms with Crippen LogP contribution in [0.2, 0.25) is 5.02 Å². The zero-order valence-corrected chi connectivity index (χ0v) is 10.6. The summed E-state index contributed by atoms with van der Waals surface area (Å²) in [7, 11) is 0. The topological polar surface area (TPSA) is 12.0 Å². The van der Waals surface area contributed by atoms with Crippen LogP contribution >= 0.6 is 11.6 Å². The molecule has 0 bridgehead atoms. The summed E-state index contributed by atoms with van der Waals surface area (Å²) >= 11 is 5.75. The highest BCUT2D eigenvalue weighted by atomic mass is 35.5. The second kappa shape index (κ2) is 6.87. The molecule has 1 atom stereocenters. The molecule has 0 radical (unpaired) electrons. The minimum absolute atomic E-state index is 0.211. The van der Waals surface area contributed by atoms with E-state index in [9.17, 15) is 4.39 Å². The molecule has 0 aliphatic heterocycles. The van der Waals surface area contributed by atoms with Crippen molar-refractivity contribution >= 4 is 11.6 Å². The normalized spacial score (nSPS) is 12.8. The molecule has 0 aromatic heterocycles. The van der Waals surface area contributed by atoms with E-state index in [-0.39, 0.29) is 10.8 Å². The van der Waals surface area contributed by atoms with E-state index in [1.54, 1.807) is 12.1 Å². The first-order valence-electron chi connectivity index (χ1n) is 5.84. The lowest BCUT2D eigenvalue weighted by Crippen LogP contribution is -2.31. The van der Waals surface area contributed by atoms with Gasteiger partial charge in [0.1, 0.15) is 5.82 Å². The van der Waals surface area contributed by atoms with Crippen molar-refractivity contribution in [3.05, 3.63) is 34.6 Å². The highest BCUT2D eigenvalue weighted by molar-refractivity contribution is 6.30. The Morgan fingerprint density at radius 2 is 2.12 bits per heavy atom. The van der Waals surface area contributed by atoms with Crippen LogP contribution in [-0.2, 0) is 6.42 Å². The van der Waals surface area contributed by atoms with Crippen LogP contribution in [0.3, 0.4) is 0 Å². The number of nitrogens with one attached hydrogen (secondary N) is 1. The lowest BCUT2D eigenvalue weighted by Gasteiger charge is -2.16. The highest BCUT2D eigenvalue weighted by Gasteiger charge is 2.07. The smallest absolute Gasteiger partial charge is 0.141 e. The fourth-order valence-corrected chi connectivity index (χ4v) is 1.86. The van der Waals surface area contributed by atoms with Gasteiger partial charge in [0.2, 0.25) is 0 Å². The molecule has 0 aliphatic rings. The molecule has 0 spiro atoms. The Morgan fingerprint density at radius 3 is 2.69 bits per heavy atom. The van der Waals surface area contributed by atoms with E-state index in [0.717, 1.165) is 31.4 Å². The monoisotopic (exact) mass is 243 g/mol. The minimum Gasteiger partial charge on any atom is -0.314 e. The molecule has 1 aromatic carbocycles. The van der Waals surface area contributed by atoms with Crippen LogP contribution in [0.5, 0.6) is 0 Å². The van der Waals surface area contributed by atoms with E-state index in [2.05, 4.69) is 19.2 Å². The Morgan fingerprint density at radius 1 is 1.38 bits per heavy atom. The van der Waals surface area contributed by atoms with Gasteiger partial charge in [-0.25, -0.2) is 4.39 Å². The summed E-state index contributed by atoms with van der Waals surface area (Å²) in [6, 6.07) is 5.40. The summed E-state index contributed by atoms with van der Waals surface area (Å²) in [5.41, 5.74) is 1.09. The summed E-state index contributed by atoms with van der Waals surface area (Å²) in [5, 5.41) is 3.68. The molecule has 0 amide bonds. The molecule has 0 fully saturated rings. The van der Waals surface area contributed by atoms with Crippen molar-refractivity contribution in [1.82, 2.24) is 5.32 Å². The Balaban J connectivity index is 2.59. The van der Waals surface area contributed by atoms with Crippen molar-refractivity contribution < 1.29 is 4.39 Å². The molecular weight excluding hydrogens is 225 g/mol. The lowest BCUT2D eigenvalue weighted by atomic mass is 10.0. The van der Waals surface area contributed by atoms with E-state index in [1.807, 2.05) is 0 Å². The van der Waals surface area contributed by atoms with Crippen LogP contribution in [0.25, 0.3) is 0 Å². The standard InChI is InChI=1S/C13H19ClFN/c1-3-7-16-11(4-2)8-10-5-6-13(15)12(14)9-10/h5-6,9,11,16H,3-4,7-8H2,1-2H3. The highest BCUT2D eigenvalue weighted by Crippen LogP contribution is 2.17. The first kappa shape index (κ1) is 13.5.